The van der Waals surface area contributed by atoms with Gasteiger partial charge in [-0.15, -0.1) is 11.8 Å². The molecule has 1 aliphatic heterocycles. The van der Waals surface area contributed by atoms with Crippen LogP contribution in [-0.2, 0) is 4.74 Å². The Morgan fingerprint density at radius 3 is 2.34 bits per heavy atom. The summed E-state index contributed by atoms with van der Waals surface area (Å²) in [4.78, 5) is 49.5. The molecule has 3 atom stereocenters. The number of aromatic hydroxyl groups is 1. The molecule has 3 aliphatic carbocycles. The van der Waals surface area contributed by atoms with Crippen LogP contribution in [0.1, 0.15) is 65.7 Å². The number of hydrogen-bond donors (Lipinski definition) is 4. The number of carbonyl (C=O) groups excluding carboxylic acids is 2. The molecule has 10 heteroatoms. The van der Waals surface area contributed by atoms with Crippen LogP contribution >= 0.6 is 0 Å². The minimum atomic E-state index is -1.22. The maximum Gasteiger partial charge on any atom is 0.407 e. The number of aromatic carboxylic acids is 1. The molecule has 2 amide bonds. The summed E-state index contributed by atoms with van der Waals surface area (Å²) in [7, 11) is 0. The Balaban J connectivity index is 1.01. The Hall–Kier alpha value is -5.30. The molecule has 242 valence electrons. The molecule has 2 unspecified atom stereocenters. The summed E-state index contributed by atoms with van der Waals surface area (Å²) in [5.74, 6) is 6.66. The van der Waals surface area contributed by atoms with Crippen LogP contribution in [0.5, 0.6) is 5.75 Å². The number of carboxylic acid groups (broad SMARTS) is 1. The Kier molecular flexibility index (Phi) is 9.43. The van der Waals surface area contributed by atoms with E-state index in [1.807, 2.05) is 0 Å². The van der Waals surface area contributed by atoms with E-state index in [0.717, 1.165) is 38.5 Å². The first-order valence-corrected chi connectivity index (χ1v) is 16.0. The molecule has 0 aromatic heterocycles. The second-order valence-electron chi connectivity index (χ2n) is 12.1. The number of nitrogens with one attached hydrogen (secondary N) is 2. The summed E-state index contributed by atoms with van der Waals surface area (Å²) in [5, 5.41) is 26.3. The van der Waals surface area contributed by atoms with Crippen LogP contribution in [0, 0.1) is 29.6 Å². The predicted molar refractivity (Wildman–Crippen MR) is 175 cm³/mol. The van der Waals surface area contributed by atoms with Crippen LogP contribution in [0.2, 0.25) is 0 Å². The number of carboxylic acids is 1. The van der Waals surface area contributed by atoms with Gasteiger partial charge in [0.25, 0.3) is 5.91 Å². The minimum Gasteiger partial charge on any atom is -0.508 e. The van der Waals surface area contributed by atoms with Crippen molar-refractivity contribution in [2.75, 3.05) is 19.7 Å². The standard InChI is InChI=1S/C37H36N2O8/c40-23-11-14-28-32(19-23)47-33-20-24(41)12-15-29(33)34(28)27-13-10-22(18-30(27)36(43)44)35(42)38-16-6-3-7-17-39-37(45)46-21-31-25-8-4-1-2-5-9-26(25)31/h10-15,18-20,25-26,31,40H,3-9,16-17,21H2,(H,38,42)(H,39,45)(H,43,44)/t25-,26?,31?/m0/s1. The number of amides is 2. The molecule has 0 saturated heterocycles. The largest absolute Gasteiger partial charge is 0.508 e. The third kappa shape index (κ3) is 7.25. The van der Waals surface area contributed by atoms with Gasteiger partial charge in [0.1, 0.15) is 17.1 Å². The molecular weight excluding hydrogens is 600 g/mol. The fourth-order valence-electron chi connectivity index (χ4n) is 6.66. The topological polar surface area (TPSA) is 155 Å². The predicted octanol–water partition coefficient (Wildman–Crippen LogP) is 6.03. The lowest BCUT2D eigenvalue weighted by Crippen LogP contribution is -2.27. The van der Waals surface area contributed by atoms with E-state index in [0.29, 0.717) is 65.9 Å². The number of carbonyl (C=O) groups is 3. The van der Waals surface area contributed by atoms with E-state index in [4.69, 9.17) is 9.15 Å². The lowest BCUT2D eigenvalue weighted by Gasteiger charge is -2.17. The van der Waals surface area contributed by atoms with Crippen molar-refractivity contribution in [1.29, 1.82) is 0 Å². The van der Waals surface area contributed by atoms with E-state index in [9.17, 15) is 29.4 Å². The fourth-order valence-corrected chi connectivity index (χ4v) is 6.66. The lowest BCUT2D eigenvalue weighted by molar-refractivity contribution is 0.0697. The second kappa shape index (κ2) is 14.0. The van der Waals surface area contributed by atoms with E-state index < -0.39 is 18.0 Å². The highest BCUT2D eigenvalue weighted by molar-refractivity contribution is 6.09. The molecule has 1 heterocycles. The van der Waals surface area contributed by atoms with E-state index in [1.165, 1.54) is 30.3 Å². The number of phenolic OH excluding ortho intramolecular Hbond substituents is 1. The summed E-state index contributed by atoms with van der Waals surface area (Å²) in [5.41, 5.74) is 1.47. The maximum atomic E-state index is 12.9. The number of hydrogen-bond acceptors (Lipinski definition) is 7. The van der Waals surface area contributed by atoms with Gasteiger partial charge in [-0.05, 0) is 91.8 Å². The number of phenols is 1. The molecule has 0 spiro atoms. The molecule has 6 rings (SSSR count). The molecule has 0 radical (unpaired) electrons. The average Bonchev–Trinajstić information content (AvgIpc) is 3.69. The third-order valence-corrected chi connectivity index (χ3v) is 9.11. The van der Waals surface area contributed by atoms with Crippen molar-refractivity contribution in [3.8, 4) is 40.0 Å². The van der Waals surface area contributed by atoms with E-state index in [-0.39, 0.29) is 33.6 Å². The van der Waals surface area contributed by atoms with E-state index >= 15 is 0 Å². The van der Waals surface area contributed by atoms with Gasteiger partial charge in [0.05, 0.1) is 12.2 Å². The highest BCUT2D eigenvalue weighted by atomic mass is 16.5. The number of ether oxygens (including phenoxy) is 1. The van der Waals surface area contributed by atoms with Crippen LogP contribution in [0.25, 0.3) is 33.4 Å². The summed E-state index contributed by atoms with van der Waals surface area (Å²) >= 11 is 0. The zero-order valence-corrected chi connectivity index (χ0v) is 25.8. The maximum absolute atomic E-state index is 12.9. The summed E-state index contributed by atoms with van der Waals surface area (Å²) in [6.45, 7) is 1.32. The fraction of sp³-hybridized carbons (Fsp3) is 0.351. The zero-order chi connectivity index (χ0) is 32.9. The highest BCUT2D eigenvalue weighted by Crippen LogP contribution is 2.52. The molecule has 2 aromatic carbocycles. The minimum absolute atomic E-state index is 0.0443. The smallest absolute Gasteiger partial charge is 0.407 e. The van der Waals surface area contributed by atoms with Crippen molar-refractivity contribution in [1.82, 2.24) is 10.6 Å². The van der Waals surface area contributed by atoms with Crippen molar-refractivity contribution in [3.63, 3.8) is 0 Å². The van der Waals surface area contributed by atoms with Crippen LogP contribution in [-0.4, -0.2) is 47.9 Å². The van der Waals surface area contributed by atoms with Gasteiger partial charge in [-0.2, -0.15) is 0 Å². The second-order valence-corrected chi connectivity index (χ2v) is 12.1. The lowest BCUT2D eigenvalue weighted by atomic mass is 9.90. The van der Waals surface area contributed by atoms with Gasteiger partial charge in [0.2, 0.25) is 0 Å². The van der Waals surface area contributed by atoms with Crippen molar-refractivity contribution >= 4 is 28.9 Å². The quantitative estimate of drug-likeness (QED) is 0.0883. The monoisotopic (exact) mass is 636 g/mol. The Morgan fingerprint density at radius 1 is 0.872 bits per heavy atom. The first-order valence-electron chi connectivity index (χ1n) is 16.0. The summed E-state index contributed by atoms with van der Waals surface area (Å²) in [6.07, 6.45) is 5.82. The number of unbranched alkanes of at least 4 members (excludes halogenated alkanes) is 2. The van der Waals surface area contributed by atoms with Crippen LogP contribution < -0.4 is 16.1 Å². The average molecular weight is 637 g/mol. The van der Waals surface area contributed by atoms with Gasteiger partial charge in [0, 0.05) is 60.1 Å². The Morgan fingerprint density at radius 2 is 1.60 bits per heavy atom. The highest BCUT2D eigenvalue weighted by Gasteiger charge is 2.49. The third-order valence-electron chi connectivity index (χ3n) is 9.11. The van der Waals surface area contributed by atoms with Gasteiger partial charge in [-0.3, -0.25) is 9.59 Å². The molecular formula is C37H36N2O8. The van der Waals surface area contributed by atoms with Crippen LogP contribution in [0.15, 0.2) is 63.8 Å². The Bertz CT molecular complexity index is 1900. The molecule has 47 heavy (non-hydrogen) atoms. The van der Waals surface area contributed by atoms with Gasteiger partial charge >= 0.3 is 12.1 Å². The van der Waals surface area contributed by atoms with E-state index in [1.54, 1.807) is 24.3 Å². The van der Waals surface area contributed by atoms with Gasteiger partial charge in [-0.25, -0.2) is 9.59 Å². The number of fused-ring (bicyclic) bond motifs is 3. The number of alkyl carbamates (subject to hydrolysis) is 1. The molecule has 2 aromatic rings. The Labute approximate surface area is 271 Å². The van der Waals surface area contributed by atoms with Crippen LogP contribution in [0.3, 0.4) is 0 Å². The number of benzene rings is 3. The van der Waals surface area contributed by atoms with Gasteiger partial charge in [0.15, 0.2) is 5.43 Å². The van der Waals surface area contributed by atoms with Crippen LogP contribution in [0.4, 0.5) is 4.79 Å². The molecule has 10 nitrogen and oxygen atoms in total. The normalized spacial score (nSPS) is 18.3. The van der Waals surface area contributed by atoms with Gasteiger partial charge < -0.3 is 30.0 Å². The molecule has 1 saturated carbocycles. The molecule has 4 N–H and O–H groups in total. The summed E-state index contributed by atoms with van der Waals surface area (Å²) in [6, 6.07) is 13.2. The molecule has 1 fully saturated rings. The van der Waals surface area contributed by atoms with E-state index in [2.05, 4.69) is 22.5 Å². The zero-order valence-electron chi connectivity index (χ0n) is 25.8. The SMILES string of the molecule is O=C(NCCCCCNC(=O)c1ccc(-c2c3ccc(=O)cc-3oc3cc(O)ccc23)c(C(=O)O)c1)OCC1C2CCC#CCC[C@@H]21. The van der Waals surface area contributed by atoms with Crippen molar-refractivity contribution in [3.05, 3.63) is 75.9 Å². The molecule has 0 bridgehead atoms. The van der Waals surface area contributed by atoms with Crippen molar-refractivity contribution in [2.45, 2.75) is 44.9 Å². The first-order chi connectivity index (χ1) is 22.8. The number of rotatable bonds is 11. The van der Waals surface area contributed by atoms with Gasteiger partial charge in [-0.1, -0.05) is 6.07 Å². The molecule has 4 aliphatic rings. The first kappa shape index (κ1) is 31.7. The van der Waals surface area contributed by atoms with Crippen molar-refractivity contribution in [2.24, 2.45) is 17.8 Å². The summed E-state index contributed by atoms with van der Waals surface area (Å²) < 4.78 is 11.3. The van der Waals surface area contributed by atoms with Crippen molar-refractivity contribution < 1.29 is 33.8 Å².